The van der Waals surface area contributed by atoms with Crippen molar-refractivity contribution < 1.29 is 5.11 Å². The zero-order valence-corrected chi connectivity index (χ0v) is 8.19. The van der Waals surface area contributed by atoms with Crippen molar-refractivity contribution in [2.24, 2.45) is 0 Å². The molecule has 0 saturated heterocycles. The Kier molecular flexibility index (Phi) is 1.84. The lowest BCUT2D eigenvalue weighted by Crippen LogP contribution is -1.87. The highest BCUT2D eigenvalue weighted by molar-refractivity contribution is 14.1. The number of fused-ring (bicyclic) bond motifs is 1. The first-order chi connectivity index (χ1) is 5.77. The maximum absolute atomic E-state index is 9.40. The van der Waals surface area contributed by atoms with E-state index in [2.05, 4.69) is 9.97 Å². The third kappa shape index (κ3) is 1.22. The summed E-state index contributed by atoms with van der Waals surface area (Å²) >= 11 is 2.01. The van der Waals surface area contributed by atoms with Crippen LogP contribution in [0.3, 0.4) is 0 Å². The smallest absolute Gasteiger partial charge is 0.191 e. The first-order valence-electron chi connectivity index (χ1n) is 3.37. The van der Waals surface area contributed by atoms with E-state index in [0.29, 0.717) is 9.35 Å². The average molecular weight is 272 g/mol. The fourth-order valence-electron chi connectivity index (χ4n) is 1.02. The zero-order chi connectivity index (χ0) is 8.55. The van der Waals surface area contributed by atoms with Crippen molar-refractivity contribution in [3.63, 3.8) is 0 Å². The van der Waals surface area contributed by atoms with Crippen LogP contribution in [0.2, 0.25) is 0 Å². The minimum absolute atomic E-state index is 0.202. The molecule has 0 aliphatic heterocycles. The van der Waals surface area contributed by atoms with Gasteiger partial charge in [0.05, 0.1) is 0 Å². The second-order valence-corrected chi connectivity index (χ2v) is 3.32. The minimum Gasteiger partial charge on any atom is -0.506 e. The van der Waals surface area contributed by atoms with Gasteiger partial charge in [0.15, 0.2) is 3.83 Å². The van der Waals surface area contributed by atoms with Crippen LogP contribution in [-0.2, 0) is 0 Å². The van der Waals surface area contributed by atoms with Gasteiger partial charge in [0, 0.05) is 34.2 Å². The molecule has 0 spiro atoms. The van der Waals surface area contributed by atoms with Gasteiger partial charge in [0.2, 0.25) is 0 Å². The van der Waals surface area contributed by atoms with Crippen LogP contribution in [0.25, 0.3) is 10.9 Å². The number of halogens is 1. The molecule has 1 heterocycles. The molecule has 3 nitrogen and oxygen atoms in total. The Morgan fingerprint density at radius 1 is 1.33 bits per heavy atom. The van der Waals surface area contributed by atoms with Crippen LogP contribution in [0.15, 0.2) is 24.4 Å². The molecule has 1 aromatic heterocycles. The van der Waals surface area contributed by atoms with Crippen LogP contribution in [-0.4, -0.2) is 15.1 Å². The first-order valence-corrected chi connectivity index (χ1v) is 4.45. The van der Waals surface area contributed by atoms with Crippen LogP contribution in [0.5, 0.6) is 5.75 Å². The lowest BCUT2D eigenvalue weighted by molar-refractivity contribution is 0.480. The van der Waals surface area contributed by atoms with Crippen molar-refractivity contribution in [2.45, 2.75) is 0 Å². The second-order valence-electron chi connectivity index (χ2n) is 2.35. The Hall–Kier alpha value is -0.910. The molecule has 1 aromatic carbocycles. The van der Waals surface area contributed by atoms with Gasteiger partial charge in [0.1, 0.15) is 11.3 Å². The summed E-state index contributed by atoms with van der Waals surface area (Å²) in [6.45, 7) is 0. The van der Waals surface area contributed by atoms with E-state index in [1.807, 2.05) is 28.7 Å². The number of aromatic hydroxyl groups is 1. The molecule has 0 fully saturated rings. The zero-order valence-electron chi connectivity index (χ0n) is 6.03. The summed E-state index contributed by atoms with van der Waals surface area (Å²) in [5, 5.41) is 10.3. The Bertz CT molecular complexity index is 430. The van der Waals surface area contributed by atoms with Gasteiger partial charge in [0.25, 0.3) is 0 Å². The normalized spacial score (nSPS) is 10.4. The lowest BCUT2D eigenvalue weighted by Gasteiger charge is -1.98. The predicted octanol–water partition coefficient (Wildman–Crippen LogP) is 1.94. The van der Waals surface area contributed by atoms with Gasteiger partial charge >= 0.3 is 0 Å². The van der Waals surface area contributed by atoms with E-state index in [0.717, 1.165) is 5.39 Å². The van der Waals surface area contributed by atoms with Gasteiger partial charge < -0.3 is 5.11 Å². The quantitative estimate of drug-likeness (QED) is 0.589. The van der Waals surface area contributed by atoms with Gasteiger partial charge in [-0.1, -0.05) is 12.1 Å². The third-order valence-electron chi connectivity index (χ3n) is 1.56. The van der Waals surface area contributed by atoms with E-state index in [1.165, 1.54) is 0 Å². The van der Waals surface area contributed by atoms with E-state index >= 15 is 0 Å². The summed E-state index contributed by atoms with van der Waals surface area (Å²) < 4.78 is 0.640. The average Bonchev–Trinajstić information content (AvgIpc) is 2.07. The molecule has 0 radical (unpaired) electrons. The topological polar surface area (TPSA) is 46.0 Å². The number of phenolic OH excluding ortho intramolecular Hbond substituents is 1. The first kappa shape index (κ1) is 7.72. The second kappa shape index (κ2) is 2.85. The number of hydrogen-bond donors (Lipinski definition) is 1. The standard InChI is InChI=1S/C8H5IN2O/c9-8-10-4-5-2-1-3-6(12)7(5)11-8/h1-4,12H. The Morgan fingerprint density at radius 2 is 2.17 bits per heavy atom. The van der Waals surface area contributed by atoms with E-state index in [4.69, 9.17) is 0 Å². The fourth-order valence-corrected chi connectivity index (χ4v) is 1.40. The van der Waals surface area contributed by atoms with Crippen LogP contribution in [0, 0.1) is 3.83 Å². The fraction of sp³-hybridized carbons (Fsp3) is 0. The number of hydrogen-bond acceptors (Lipinski definition) is 3. The maximum Gasteiger partial charge on any atom is 0.191 e. The number of para-hydroxylation sites is 1. The van der Waals surface area contributed by atoms with Crippen molar-refractivity contribution in [3.8, 4) is 5.75 Å². The summed E-state index contributed by atoms with van der Waals surface area (Å²) in [5.74, 6) is 0.202. The molecule has 2 aromatic rings. The number of aromatic nitrogens is 2. The highest BCUT2D eigenvalue weighted by atomic mass is 127. The molecule has 0 atom stereocenters. The molecule has 0 aliphatic carbocycles. The molecule has 60 valence electrons. The molecular weight excluding hydrogens is 267 g/mol. The van der Waals surface area contributed by atoms with Crippen molar-refractivity contribution in [1.29, 1.82) is 0 Å². The van der Waals surface area contributed by atoms with Crippen molar-refractivity contribution in [3.05, 3.63) is 28.2 Å². The largest absolute Gasteiger partial charge is 0.506 e. The van der Waals surface area contributed by atoms with Crippen LogP contribution >= 0.6 is 22.6 Å². The van der Waals surface area contributed by atoms with Crippen molar-refractivity contribution in [1.82, 2.24) is 9.97 Å². The third-order valence-corrected chi connectivity index (χ3v) is 2.08. The summed E-state index contributed by atoms with van der Waals surface area (Å²) in [7, 11) is 0. The van der Waals surface area contributed by atoms with Gasteiger partial charge in [-0.15, -0.1) is 0 Å². The van der Waals surface area contributed by atoms with E-state index in [9.17, 15) is 5.11 Å². The maximum atomic E-state index is 9.40. The number of nitrogens with zero attached hydrogens (tertiary/aromatic N) is 2. The molecule has 1 N–H and O–H groups in total. The minimum atomic E-state index is 0.202. The number of rotatable bonds is 0. The van der Waals surface area contributed by atoms with Crippen LogP contribution < -0.4 is 0 Å². The summed E-state index contributed by atoms with van der Waals surface area (Å²) in [5.41, 5.74) is 0.608. The molecule has 0 amide bonds. The molecule has 2 rings (SSSR count). The monoisotopic (exact) mass is 272 g/mol. The Balaban J connectivity index is 2.88. The number of benzene rings is 1. The summed E-state index contributed by atoms with van der Waals surface area (Å²) in [6, 6.07) is 5.25. The van der Waals surface area contributed by atoms with Gasteiger partial charge in [-0.2, -0.15) is 0 Å². The predicted molar refractivity (Wildman–Crippen MR) is 53.9 cm³/mol. The Morgan fingerprint density at radius 3 is 3.00 bits per heavy atom. The lowest BCUT2D eigenvalue weighted by atomic mass is 10.2. The van der Waals surface area contributed by atoms with E-state index in [1.54, 1.807) is 18.3 Å². The van der Waals surface area contributed by atoms with E-state index < -0.39 is 0 Å². The molecule has 0 aliphatic rings. The Labute approximate surface area is 82.6 Å². The van der Waals surface area contributed by atoms with Gasteiger partial charge in [-0.3, -0.25) is 0 Å². The SMILES string of the molecule is Oc1cccc2cnc(I)nc12. The van der Waals surface area contributed by atoms with Gasteiger partial charge in [-0.05, 0) is 6.07 Å². The molecule has 12 heavy (non-hydrogen) atoms. The van der Waals surface area contributed by atoms with Crippen molar-refractivity contribution >= 4 is 33.5 Å². The number of phenols is 1. The van der Waals surface area contributed by atoms with E-state index in [-0.39, 0.29) is 5.75 Å². The van der Waals surface area contributed by atoms with Crippen molar-refractivity contribution in [2.75, 3.05) is 0 Å². The van der Waals surface area contributed by atoms with Crippen LogP contribution in [0.1, 0.15) is 0 Å². The highest BCUT2D eigenvalue weighted by Gasteiger charge is 2.00. The molecule has 0 unspecified atom stereocenters. The highest BCUT2D eigenvalue weighted by Crippen LogP contribution is 2.21. The molecule has 0 saturated carbocycles. The van der Waals surface area contributed by atoms with Crippen LogP contribution in [0.4, 0.5) is 0 Å². The molecular formula is C8H5IN2O. The molecule has 4 heteroatoms. The van der Waals surface area contributed by atoms with Gasteiger partial charge in [-0.25, -0.2) is 9.97 Å². The molecule has 0 bridgehead atoms. The summed E-state index contributed by atoms with van der Waals surface area (Å²) in [4.78, 5) is 8.11. The summed E-state index contributed by atoms with van der Waals surface area (Å²) in [6.07, 6.45) is 1.70.